The molecule has 2 aromatic rings. The van der Waals surface area contributed by atoms with E-state index in [1.165, 1.54) is 4.31 Å². The maximum atomic E-state index is 13.1. The van der Waals surface area contributed by atoms with Crippen molar-refractivity contribution in [3.63, 3.8) is 0 Å². The van der Waals surface area contributed by atoms with Crippen LogP contribution >= 0.6 is 0 Å². The van der Waals surface area contributed by atoms with Crippen molar-refractivity contribution in [3.05, 3.63) is 54.6 Å². The first kappa shape index (κ1) is 17.9. The average molecular weight is 386 g/mol. The van der Waals surface area contributed by atoms with Crippen LogP contribution in [0.15, 0.2) is 54.6 Å². The minimum absolute atomic E-state index is 0.0594. The van der Waals surface area contributed by atoms with Crippen molar-refractivity contribution in [2.24, 2.45) is 5.92 Å². The molecule has 2 atom stereocenters. The van der Waals surface area contributed by atoms with Crippen LogP contribution in [-0.4, -0.2) is 31.7 Å². The van der Waals surface area contributed by atoms with E-state index in [4.69, 9.17) is 4.74 Å². The smallest absolute Gasteiger partial charge is 0.250 e. The second-order valence-corrected chi connectivity index (χ2v) is 9.43. The van der Waals surface area contributed by atoms with Crippen LogP contribution in [0.5, 0.6) is 5.75 Å². The number of fused-ring (bicyclic) bond motifs is 1. The molecule has 6 nitrogen and oxygen atoms in total. The topological polar surface area (TPSA) is 75.7 Å². The first-order valence-corrected chi connectivity index (χ1v) is 10.4. The van der Waals surface area contributed by atoms with Crippen LogP contribution in [0.1, 0.15) is 20.3 Å². The van der Waals surface area contributed by atoms with Crippen LogP contribution in [0, 0.1) is 5.92 Å². The third-order valence-electron chi connectivity index (χ3n) is 5.10. The van der Waals surface area contributed by atoms with Gasteiger partial charge in [0.25, 0.3) is 0 Å². The van der Waals surface area contributed by atoms with Crippen LogP contribution in [-0.2, 0) is 14.8 Å². The normalized spacial score (nSPS) is 25.1. The standard InChI is InChI=1S/C20H22N2O4S/c1-14(2)26-18-10-8-16(9-11-18)21-19(23)20-12-15(20)13-22(27(20,24)25)17-6-4-3-5-7-17/h3-11,14-15H,12-13H2,1-2H3,(H,21,23)/t15-,20+/m0/s1. The van der Waals surface area contributed by atoms with Crippen LogP contribution in [0.4, 0.5) is 11.4 Å². The lowest BCUT2D eigenvalue weighted by atomic mass is 10.2. The number of rotatable bonds is 5. The largest absolute Gasteiger partial charge is 0.491 e. The molecule has 2 aromatic carbocycles. The van der Waals surface area contributed by atoms with Crippen molar-refractivity contribution in [1.29, 1.82) is 0 Å². The predicted molar refractivity (Wildman–Crippen MR) is 104 cm³/mol. The highest BCUT2D eigenvalue weighted by atomic mass is 32.2. The second-order valence-electron chi connectivity index (χ2n) is 7.31. The van der Waals surface area contributed by atoms with Crippen molar-refractivity contribution in [1.82, 2.24) is 0 Å². The molecular weight excluding hydrogens is 364 g/mol. The maximum Gasteiger partial charge on any atom is 0.250 e. The molecule has 2 aliphatic rings. The van der Waals surface area contributed by atoms with Crippen LogP contribution in [0.25, 0.3) is 0 Å². The van der Waals surface area contributed by atoms with Gasteiger partial charge in [0.05, 0.1) is 11.8 Å². The highest BCUT2D eigenvalue weighted by Crippen LogP contribution is 2.58. The van der Waals surface area contributed by atoms with Gasteiger partial charge in [0, 0.05) is 18.2 Å². The molecule has 1 N–H and O–H groups in total. The van der Waals surface area contributed by atoms with Gasteiger partial charge in [-0.15, -0.1) is 0 Å². The number of amides is 1. The number of carbonyl (C=O) groups is 1. The van der Waals surface area contributed by atoms with E-state index in [1.54, 1.807) is 48.5 Å². The Kier molecular flexibility index (Phi) is 4.14. The van der Waals surface area contributed by atoms with Gasteiger partial charge in [0.1, 0.15) is 5.75 Å². The van der Waals surface area contributed by atoms with Crippen LogP contribution < -0.4 is 14.4 Å². The van der Waals surface area contributed by atoms with E-state index in [0.717, 1.165) is 0 Å². The number of carbonyl (C=O) groups excluding carboxylic acids is 1. The number of nitrogens with one attached hydrogen (secondary N) is 1. The molecule has 27 heavy (non-hydrogen) atoms. The predicted octanol–water partition coefficient (Wildman–Crippen LogP) is 3.02. The van der Waals surface area contributed by atoms with Gasteiger partial charge >= 0.3 is 0 Å². The molecule has 0 bridgehead atoms. The number of ether oxygens (including phenoxy) is 1. The Morgan fingerprint density at radius 2 is 1.81 bits per heavy atom. The summed E-state index contributed by atoms with van der Waals surface area (Å²) in [5.41, 5.74) is 1.16. The van der Waals surface area contributed by atoms with Crippen molar-refractivity contribution < 1.29 is 17.9 Å². The third kappa shape index (κ3) is 2.86. The summed E-state index contributed by atoms with van der Waals surface area (Å²) in [4.78, 5) is 12.9. The zero-order valence-corrected chi connectivity index (χ0v) is 16.1. The number of para-hydroxylation sites is 1. The minimum Gasteiger partial charge on any atom is -0.491 e. The molecule has 0 unspecified atom stereocenters. The first-order chi connectivity index (χ1) is 12.8. The fraction of sp³-hybridized carbons (Fsp3) is 0.350. The molecule has 0 aromatic heterocycles. The van der Waals surface area contributed by atoms with Gasteiger partial charge in [0.15, 0.2) is 4.75 Å². The Morgan fingerprint density at radius 1 is 1.15 bits per heavy atom. The summed E-state index contributed by atoms with van der Waals surface area (Å²) < 4.78 is 31.8. The fourth-order valence-electron chi connectivity index (χ4n) is 3.69. The summed E-state index contributed by atoms with van der Waals surface area (Å²) in [5, 5.41) is 2.77. The van der Waals surface area contributed by atoms with Crippen LogP contribution in [0.3, 0.4) is 0 Å². The Hall–Kier alpha value is -2.54. The zero-order chi connectivity index (χ0) is 19.2. The van der Waals surface area contributed by atoms with Crippen LogP contribution in [0.2, 0.25) is 0 Å². The van der Waals surface area contributed by atoms with E-state index in [0.29, 0.717) is 30.1 Å². The molecule has 2 fully saturated rings. The molecule has 1 saturated heterocycles. The van der Waals surface area contributed by atoms with Crippen molar-refractivity contribution in [2.45, 2.75) is 31.1 Å². The first-order valence-electron chi connectivity index (χ1n) is 9.00. The van der Waals surface area contributed by atoms with E-state index in [1.807, 2.05) is 19.9 Å². The lowest BCUT2D eigenvalue weighted by Crippen LogP contribution is -2.42. The Balaban J connectivity index is 1.53. The Morgan fingerprint density at radius 3 is 2.44 bits per heavy atom. The fourth-order valence-corrected chi connectivity index (χ4v) is 6.05. The van der Waals surface area contributed by atoms with Gasteiger partial charge in [0.2, 0.25) is 15.9 Å². The van der Waals surface area contributed by atoms with Gasteiger partial charge in [-0.2, -0.15) is 0 Å². The number of hydrogen-bond donors (Lipinski definition) is 1. The monoisotopic (exact) mass is 386 g/mol. The maximum absolute atomic E-state index is 13.1. The molecule has 1 heterocycles. The Bertz CT molecular complexity index is 957. The number of nitrogens with zero attached hydrogens (tertiary/aromatic N) is 1. The summed E-state index contributed by atoms with van der Waals surface area (Å²) in [6.07, 6.45) is 0.433. The molecule has 1 saturated carbocycles. The number of sulfonamides is 1. The van der Waals surface area contributed by atoms with E-state index < -0.39 is 20.7 Å². The Labute approximate surface area is 159 Å². The quantitative estimate of drug-likeness (QED) is 0.857. The third-order valence-corrected chi connectivity index (χ3v) is 7.64. The van der Waals surface area contributed by atoms with E-state index >= 15 is 0 Å². The highest BCUT2D eigenvalue weighted by molar-refractivity contribution is 7.95. The van der Waals surface area contributed by atoms with Gasteiger partial charge in [-0.1, -0.05) is 18.2 Å². The number of anilines is 2. The molecule has 1 amide bonds. The second kappa shape index (κ2) is 6.27. The van der Waals surface area contributed by atoms with E-state index in [-0.39, 0.29) is 12.0 Å². The van der Waals surface area contributed by atoms with E-state index in [9.17, 15) is 13.2 Å². The lowest BCUT2D eigenvalue weighted by molar-refractivity contribution is -0.116. The number of benzene rings is 2. The molecular formula is C20H22N2O4S. The molecule has 7 heteroatoms. The lowest BCUT2D eigenvalue weighted by Gasteiger charge is -2.23. The highest BCUT2D eigenvalue weighted by Gasteiger charge is 2.75. The molecule has 4 rings (SSSR count). The van der Waals surface area contributed by atoms with Crippen molar-refractivity contribution in [2.75, 3.05) is 16.2 Å². The minimum atomic E-state index is -3.75. The van der Waals surface area contributed by atoms with Gasteiger partial charge in [-0.25, -0.2) is 8.42 Å². The molecule has 0 spiro atoms. The average Bonchev–Trinajstić information content (AvgIpc) is 3.33. The van der Waals surface area contributed by atoms with E-state index in [2.05, 4.69) is 5.32 Å². The van der Waals surface area contributed by atoms with Crippen molar-refractivity contribution in [3.8, 4) is 5.75 Å². The van der Waals surface area contributed by atoms with Crippen molar-refractivity contribution >= 4 is 27.3 Å². The summed E-state index contributed by atoms with van der Waals surface area (Å²) in [6, 6.07) is 15.9. The summed E-state index contributed by atoms with van der Waals surface area (Å²) >= 11 is 0. The van der Waals surface area contributed by atoms with Gasteiger partial charge < -0.3 is 10.1 Å². The summed E-state index contributed by atoms with van der Waals surface area (Å²) in [5.74, 6) is 0.0731. The molecule has 142 valence electrons. The van der Waals surface area contributed by atoms with Gasteiger partial charge in [-0.3, -0.25) is 9.10 Å². The molecule has 1 aliphatic carbocycles. The number of hydrogen-bond acceptors (Lipinski definition) is 4. The molecule has 0 radical (unpaired) electrons. The van der Waals surface area contributed by atoms with Gasteiger partial charge in [-0.05, 0) is 56.7 Å². The molecule has 1 aliphatic heterocycles. The SMILES string of the molecule is CC(C)Oc1ccc(NC(=O)[C@@]23C[C@H]2CN(c2ccccc2)S3(=O)=O)cc1. The summed E-state index contributed by atoms with van der Waals surface area (Å²) in [6.45, 7) is 4.22. The zero-order valence-electron chi connectivity index (χ0n) is 15.3. The summed E-state index contributed by atoms with van der Waals surface area (Å²) in [7, 11) is -3.75.